The van der Waals surface area contributed by atoms with Crippen LogP contribution in [0.3, 0.4) is 0 Å². The number of nitrogens with zero attached hydrogens (tertiary/aromatic N) is 1. The second kappa shape index (κ2) is 6.51. The van der Waals surface area contributed by atoms with Gasteiger partial charge in [0.1, 0.15) is 6.04 Å². The van der Waals surface area contributed by atoms with Gasteiger partial charge in [0, 0.05) is 10.2 Å². The van der Waals surface area contributed by atoms with Gasteiger partial charge in [-0.1, -0.05) is 35.3 Å². The van der Waals surface area contributed by atoms with Gasteiger partial charge in [-0.3, -0.25) is 9.59 Å². The maximum atomic E-state index is 12.6. The molecule has 23 heavy (non-hydrogen) atoms. The van der Waals surface area contributed by atoms with Crippen LogP contribution < -0.4 is 10.2 Å². The van der Waals surface area contributed by atoms with E-state index in [4.69, 9.17) is 23.2 Å². The number of benzene rings is 2. The van der Waals surface area contributed by atoms with Crippen LogP contribution >= 0.6 is 39.1 Å². The van der Waals surface area contributed by atoms with Crippen molar-refractivity contribution in [1.82, 2.24) is 0 Å². The summed E-state index contributed by atoms with van der Waals surface area (Å²) in [6, 6.07) is 11.5. The second-order valence-corrected chi connectivity index (χ2v) is 6.72. The lowest BCUT2D eigenvalue weighted by atomic mass is 10.2. The number of nitrogens with one attached hydrogen (secondary N) is 1. The van der Waals surface area contributed by atoms with E-state index < -0.39 is 6.04 Å². The predicted octanol–water partition coefficient (Wildman–Crippen LogP) is 4.50. The molecule has 0 radical (unpaired) electrons. The molecule has 1 saturated heterocycles. The molecule has 1 heterocycles. The lowest BCUT2D eigenvalue weighted by molar-refractivity contribution is -0.121. The fraction of sp³-hybridized carbons (Fsp3) is 0.125. The first-order valence-electron chi connectivity index (χ1n) is 6.80. The van der Waals surface area contributed by atoms with Crippen molar-refractivity contribution >= 4 is 62.3 Å². The van der Waals surface area contributed by atoms with Gasteiger partial charge in [0.15, 0.2) is 0 Å². The van der Waals surface area contributed by atoms with Gasteiger partial charge in [-0.25, -0.2) is 4.90 Å². The van der Waals surface area contributed by atoms with Crippen LogP contribution in [-0.2, 0) is 9.59 Å². The normalized spacial score (nSPS) is 17.7. The highest BCUT2D eigenvalue weighted by molar-refractivity contribution is 9.10. The average molecular weight is 414 g/mol. The van der Waals surface area contributed by atoms with Crippen LogP contribution in [0.5, 0.6) is 0 Å². The second-order valence-electron chi connectivity index (χ2n) is 5.05. The number of halogens is 3. The zero-order valence-electron chi connectivity index (χ0n) is 11.7. The largest absolute Gasteiger partial charge is 0.373 e. The van der Waals surface area contributed by atoms with E-state index in [1.54, 1.807) is 36.4 Å². The summed E-state index contributed by atoms with van der Waals surface area (Å²) in [5.74, 6) is -0.549. The zero-order chi connectivity index (χ0) is 16.6. The van der Waals surface area contributed by atoms with E-state index in [2.05, 4.69) is 21.2 Å². The minimum atomic E-state index is -0.633. The number of amides is 2. The molecule has 1 atom stereocenters. The first-order valence-corrected chi connectivity index (χ1v) is 8.35. The first kappa shape index (κ1) is 16.3. The molecule has 0 bridgehead atoms. The van der Waals surface area contributed by atoms with Crippen molar-refractivity contribution in [1.29, 1.82) is 0 Å². The molecular weight excluding hydrogens is 403 g/mol. The van der Waals surface area contributed by atoms with Crippen molar-refractivity contribution in [2.75, 3.05) is 10.2 Å². The minimum absolute atomic E-state index is 0.0837. The lowest BCUT2D eigenvalue weighted by Gasteiger charge is -2.17. The number of imide groups is 1. The number of rotatable bonds is 3. The van der Waals surface area contributed by atoms with Gasteiger partial charge < -0.3 is 5.32 Å². The number of hydrogen-bond acceptors (Lipinski definition) is 3. The molecule has 0 aliphatic carbocycles. The quantitative estimate of drug-likeness (QED) is 0.753. The molecule has 0 aromatic heterocycles. The molecule has 1 N–H and O–H groups in total. The highest BCUT2D eigenvalue weighted by Gasteiger charge is 2.40. The van der Waals surface area contributed by atoms with Crippen LogP contribution in [0.15, 0.2) is 46.9 Å². The summed E-state index contributed by atoms with van der Waals surface area (Å²) in [4.78, 5) is 26.0. The topological polar surface area (TPSA) is 49.4 Å². The number of anilines is 2. The Hall–Kier alpha value is -1.56. The molecule has 118 valence electrons. The maximum Gasteiger partial charge on any atom is 0.256 e. The summed E-state index contributed by atoms with van der Waals surface area (Å²) in [5.41, 5.74) is 1.18. The van der Waals surface area contributed by atoms with E-state index in [0.29, 0.717) is 25.9 Å². The highest BCUT2D eigenvalue weighted by Crippen LogP contribution is 2.32. The van der Waals surface area contributed by atoms with Gasteiger partial charge in [0.05, 0.1) is 22.2 Å². The number of hydrogen-bond donors (Lipinski definition) is 1. The molecule has 4 nitrogen and oxygen atoms in total. The van der Waals surface area contributed by atoms with E-state index >= 15 is 0 Å². The average Bonchev–Trinajstić information content (AvgIpc) is 2.78. The standard InChI is InChI=1S/C16H11BrCl2N2O2/c17-10-3-1-2-4-14(10)21-15(22)8-13(16(21)23)20-9-5-6-11(18)12(19)7-9/h1-7,13,20H,8H2. The van der Waals surface area contributed by atoms with E-state index in [1.807, 2.05) is 6.07 Å². The third-order valence-electron chi connectivity index (χ3n) is 3.50. The number of carbonyl (C=O) groups is 2. The van der Waals surface area contributed by atoms with Gasteiger partial charge in [0.25, 0.3) is 5.91 Å². The Bertz CT molecular complexity index is 797. The summed E-state index contributed by atoms with van der Waals surface area (Å²) in [5, 5.41) is 3.85. The van der Waals surface area contributed by atoms with Crippen LogP contribution in [0.4, 0.5) is 11.4 Å². The third kappa shape index (κ3) is 3.22. The third-order valence-corrected chi connectivity index (χ3v) is 4.91. The van der Waals surface area contributed by atoms with Crippen LogP contribution in [0.2, 0.25) is 10.0 Å². The summed E-state index contributed by atoms with van der Waals surface area (Å²) in [6.07, 6.45) is 0.0837. The van der Waals surface area contributed by atoms with E-state index in [0.717, 1.165) is 0 Å². The van der Waals surface area contributed by atoms with E-state index in [-0.39, 0.29) is 18.2 Å². The van der Waals surface area contributed by atoms with Gasteiger partial charge in [-0.05, 0) is 46.3 Å². The number of para-hydroxylation sites is 1. The lowest BCUT2D eigenvalue weighted by Crippen LogP contribution is -2.35. The molecule has 1 aliphatic heterocycles. The Kier molecular flexibility index (Phi) is 4.62. The summed E-state index contributed by atoms with van der Waals surface area (Å²) in [7, 11) is 0. The van der Waals surface area contributed by atoms with Gasteiger partial charge >= 0.3 is 0 Å². The molecule has 2 amide bonds. The fourth-order valence-corrected chi connectivity index (χ4v) is 3.18. The van der Waals surface area contributed by atoms with E-state index in [9.17, 15) is 9.59 Å². The molecule has 1 aliphatic rings. The van der Waals surface area contributed by atoms with E-state index in [1.165, 1.54) is 4.90 Å². The van der Waals surface area contributed by atoms with Crippen molar-refractivity contribution in [2.45, 2.75) is 12.5 Å². The molecule has 3 rings (SSSR count). The Labute approximate surface area is 151 Å². The van der Waals surface area contributed by atoms with Crippen molar-refractivity contribution in [2.24, 2.45) is 0 Å². The summed E-state index contributed by atoms with van der Waals surface area (Å²) in [6.45, 7) is 0. The fourth-order valence-electron chi connectivity index (χ4n) is 2.42. The molecule has 0 saturated carbocycles. The van der Waals surface area contributed by atoms with Crippen molar-refractivity contribution in [3.05, 3.63) is 57.0 Å². The molecule has 1 unspecified atom stereocenters. The number of carbonyl (C=O) groups excluding carboxylic acids is 2. The van der Waals surface area contributed by atoms with Gasteiger partial charge in [0.2, 0.25) is 5.91 Å². The van der Waals surface area contributed by atoms with Crippen molar-refractivity contribution in [3.8, 4) is 0 Å². The summed E-state index contributed by atoms with van der Waals surface area (Å²) >= 11 is 15.2. The van der Waals surface area contributed by atoms with Crippen LogP contribution in [0.1, 0.15) is 6.42 Å². The zero-order valence-corrected chi connectivity index (χ0v) is 14.8. The van der Waals surface area contributed by atoms with Gasteiger partial charge in [-0.2, -0.15) is 0 Å². The first-order chi connectivity index (χ1) is 11.0. The van der Waals surface area contributed by atoms with Crippen LogP contribution in [0.25, 0.3) is 0 Å². The van der Waals surface area contributed by atoms with Crippen molar-refractivity contribution < 1.29 is 9.59 Å². The Morgan fingerprint density at radius 3 is 2.52 bits per heavy atom. The molecule has 2 aromatic rings. The van der Waals surface area contributed by atoms with Crippen molar-refractivity contribution in [3.63, 3.8) is 0 Å². The SMILES string of the molecule is O=C1CC(Nc2ccc(Cl)c(Cl)c2)C(=O)N1c1ccccc1Br. The Morgan fingerprint density at radius 2 is 1.83 bits per heavy atom. The maximum absolute atomic E-state index is 12.6. The summed E-state index contributed by atoms with van der Waals surface area (Å²) < 4.78 is 0.692. The van der Waals surface area contributed by atoms with Crippen LogP contribution in [0, 0.1) is 0 Å². The highest BCUT2D eigenvalue weighted by atomic mass is 79.9. The minimum Gasteiger partial charge on any atom is -0.373 e. The Morgan fingerprint density at radius 1 is 1.09 bits per heavy atom. The smallest absolute Gasteiger partial charge is 0.256 e. The monoisotopic (exact) mass is 412 g/mol. The molecule has 7 heteroatoms. The molecular formula is C16H11BrCl2N2O2. The van der Waals surface area contributed by atoms with Crippen LogP contribution in [-0.4, -0.2) is 17.9 Å². The Balaban J connectivity index is 1.84. The van der Waals surface area contributed by atoms with Gasteiger partial charge in [-0.15, -0.1) is 0 Å². The predicted molar refractivity (Wildman–Crippen MR) is 95.1 cm³/mol. The molecule has 0 spiro atoms. The molecule has 2 aromatic carbocycles. The molecule has 1 fully saturated rings.